The van der Waals surface area contributed by atoms with E-state index in [2.05, 4.69) is 45.9 Å². The highest BCUT2D eigenvalue weighted by atomic mass is 14.7. The molecular formula is C14H23N. The average molecular weight is 205 g/mol. The Bertz CT molecular complexity index is 326. The molecule has 0 saturated heterocycles. The van der Waals surface area contributed by atoms with Gasteiger partial charge in [0.25, 0.3) is 0 Å². The van der Waals surface area contributed by atoms with Crippen molar-refractivity contribution in [2.75, 3.05) is 0 Å². The summed E-state index contributed by atoms with van der Waals surface area (Å²) in [6.45, 7) is 8.64. The number of benzene rings is 1. The minimum atomic E-state index is -0.0622. The first-order valence-electron chi connectivity index (χ1n) is 5.79. The van der Waals surface area contributed by atoms with Gasteiger partial charge >= 0.3 is 0 Å². The molecule has 1 aromatic rings. The Morgan fingerprint density at radius 3 is 2.53 bits per heavy atom. The Balaban J connectivity index is 2.83. The molecule has 1 aromatic carbocycles. The lowest BCUT2D eigenvalue weighted by Gasteiger charge is -2.25. The summed E-state index contributed by atoms with van der Waals surface area (Å²) in [6.07, 6.45) is 3.21. The fourth-order valence-electron chi connectivity index (χ4n) is 2.09. The molecule has 1 heteroatoms. The minimum Gasteiger partial charge on any atom is -0.325 e. The van der Waals surface area contributed by atoms with Crippen LogP contribution in [-0.2, 0) is 6.42 Å². The molecule has 1 nitrogen and oxygen atoms in total. The number of aryl methyl sites for hydroxylation is 2. The molecule has 0 aliphatic carbocycles. The maximum atomic E-state index is 6.28. The summed E-state index contributed by atoms with van der Waals surface area (Å²) >= 11 is 0. The van der Waals surface area contributed by atoms with Crippen molar-refractivity contribution in [3.05, 3.63) is 34.9 Å². The third-order valence-electron chi connectivity index (χ3n) is 2.92. The first-order valence-corrected chi connectivity index (χ1v) is 5.79. The summed E-state index contributed by atoms with van der Waals surface area (Å²) in [6, 6.07) is 6.61. The Labute approximate surface area is 93.7 Å². The van der Waals surface area contributed by atoms with Crippen molar-refractivity contribution < 1.29 is 0 Å². The summed E-state index contributed by atoms with van der Waals surface area (Å²) in [7, 11) is 0. The van der Waals surface area contributed by atoms with Crippen molar-refractivity contribution in [2.45, 2.75) is 52.5 Å². The van der Waals surface area contributed by atoms with E-state index in [1.807, 2.05) is 0 Å². The molecule has 1 unspecified atom stereocenters. The Morgan fingerprint density at radius 1 is 1.27 bits per heavy atom. The van der Waals surface area contributed by atoms with E-state index in [-0.39, 0.29) is 5.54 Å². The fraction of sp³-hybridized carbons (Fsp3) is 0.571. The van der Waals surface area contributed by atoms with E-state index >= 15 is 0 Å². The van der Waals surface area contributed by atoms with Gasteiger partial charge in [0.2, 0.25) is 0 Å². The largest absolute Gasteiger partial charge is 0.325 e. The zero-order chi connectivity index (χ0) is 11.5. The molecule has 84 valence electrons. The van der Waals surface area contributed by atoms with Crippen LogP contribution in [0.1, 0.15) is 43.4 Å². The average Bonchev–Trinajstić information content (AvgIpc) is 2.10. The Hall–Kier alpha value is -0.820. The third kappa shape index (κ3) is 3.67. The predicted molar refractivity (Wildman–Crippen MR) is 67.1 cm³/mol. The summed E-state index contributed by atoms with van der Waals surface area (Å²) < 4.78 is 0. The van der Waals surface area contributed by atoms with E-state index in [1.54, 1.807) is 0 Å². The van der Waals surface area contributed by atoms with Gasteiger partial charge in [-0.3, -0.25) is 0 Å². The minimum absolute atomic E-state index is 0.0622. The van der Waals surface area contributed by atoms with Gasteiger partial charge in [0.05, 0.1) is 0 Å². The summed E-state index contributed by atoms with van der Waals surface area (Å²) in [5.41, 5.74) is 10.3. The highest BCUT2D eigenvalue weighted by Crippen LogP contribution is 2.19. The van der Waals surface area contributed by atoms with Crippen molar-refractivity contribution in [1.29, 1.82) is 0 Å². The van der Waals surface area contributed by atoms with Crippen LogP contribution in [-0.4, -0.2) is 5.54 Å². The maximum absolute atomic E-state index is 6.28. The highest BCUT2D eigenvalue weighted by Gasteiger charge is 2.18. The van der Waals surface area contributed by atoms with Crippen molar-refractivity contribution in [3.63, 3.8) is 0 Å². The van der Waals surface area contributed by atoms with Crippen LogP contribution in [0, 0.1) is 13.8 Å². The van der Waals surface area contributed by atoms with E-state index in [9.17, 15) is 0 Å². The first kappa shape index (κ1) is 12.3. The van der Waals surface area contributed by atoms with Crippen LogP contribution in [0.2, 0.25) is 0 Å². The van der Waals surface area contributed by atoms with E-state index in [0.717, 1.165) is 19.3 Å². The zero-order valence-corrected chi connectivity index (χ0v) is 10.4. The Kier molecular flexibility index (Phi) is 3.92. The topological polar surface area (TPSA) is 26.0 Å². The molecule has 15 heavy (non-hydrogen) atoms. The van der Waals surface area contributed by atoms with Gasteiger partial charge in [-0.25, -0.2) is 0 Å². The normalized spacial score (nSPS) is 15.0. The standard InChI is InChI=1S/C14H23N/c1-5-8-14(4,15)10-13-9-11(2)6-7-12(13)3/h6-7,9H,5,8,10,15H2,1-4H3. The van der Waals surface area contributed by atoms with Crippen molar-refractivity contribution in [2.24, 2.45) is 5.73 Å². The van der Waals surface area contributed by atoms with Crippen molar-refractivity contribution in [3.8, 4) is 0 Å². The first-order chi connectivity index (χ1) is 6.94. The van der Waals surface area contributed by atoms with Gasteiger partial charge in [-0.2, -0.15) is 0 Å². The summed E-state index contributed by atoms with van der Waals surface area (Å²) in [5.74, 6) is 0. The molecule has 0 saturated carbocycles. The van der Waals surface area contributed by atoms with E-state index < -0.39 is 0 Å². The molecule has 0 aliphatic heterocycles. The lowest BCUT2D eigenvalue weighted by molar-refractivity contribution is 0.424. The van der Waals surface area contributed by atoms with Gasteiger partial charge < -0.3 is 5.73 Å². The quantitative estimate of drug-likeness (QED) is 0.801. The molecule has 1 rings (SSSR count). The van der Waals surface area contributed by atoms with Crippen LogP contribution < -0.4 is 5.73 Å². The van der Waals surface area contributed by atoms with Crippen molar-refractivity contribution >= 4 is 0 Å². The van der Waals surface area contributed by atoms with Crippen LogP contribution in [0.4, 0.5) is 0 Å². The molecule has 0 amide bonds. The third-order valence-corrected chi connectivity index (χ3v) is 2.92. The number of hydrogen-bond acceptors (Lipinski definition) is 1. The Morgan fingerprint density at radius 2 is 1.93 bits per heavy atom. The van der Waals surface area contributed by atoms with Gasteiger partial charge in [0, 0.05) is 5.54 Å². The summed E-state index contributed by atoms with van der Waals surface area (Å²) in [5, 5.41) is 0. The second-order valence-electron chi connectivity index (χ2n) is 5.01. The van der Waals surface area contributed by atoms with Crippen LogP contribution in [0.5, 0.6) is 0 Å². The maximum Gasteiger partial charge on any atom is 0.0166 e. The number of nitrogens with two attached hydrogens (primary N) is 1. The predicted octanol–water partition coefficient (Wildman–Crippen LogP) is 3.36. The molecular weight excluding hydrogens is 182 g/mol. The molecule has 0 heterocycles. The lowest BCUT2D eigenvalue weighted by atomic mass is 9.87. The van der Waals surface area contributed by atoms with Crippen molar-refractivity contribution in [1.82, 2.24) is 0 Å². The molecule has 0 radical (unpaired) electrons. The van der Waals surface area contributed by atoms with Gasteiger partial charge in [-0.05, 0) is 44.7 Å². The number of rotatable bonds is 4. The molecule has 0 spiro atoms. The van der Waals surface area contributed by atoms with Crippen LogP contribution in [0.15, 0.2) is 18.2 Å². The summed E-state index contributed by atoms with van der Waals surface area (Å²) in [4.78, 5) is 0. The molecule has 0 aromatic heterocycles. The highest BCUT2D eigenvalue weighted by molar-refractivity contribution is 5.31. The van der Waals surface area contributed by atoms with E-state index in [4.69, 9.17) is 5.73 Å². The van der Waals surface area contributed by atoms with Gasteiger partial charge in [0.15, 0.2) is 0 Å². The van der Waals surface area contributed by atoms with Gasteiger partial charge in [0.1, 0.15) is 0 Å². The zero-order valence-electron chi connectivity index (χ0n) is 10.4. The van der Waals surface area contributed by atoms with Gasteiger partial charge in [-0.15, -0.1) is 0 Å². The monoisotopic (exact) mass is 205 g/mol. The van der Waals surface area contributed by atoms with Gasteiger partial charge in [-0.1, -0.05) is 37.1 Å². The van der Waals surface area contributed by atoms with Crippen LogP contribution in [0.3, 0.4) is 0 Å². The second-order valence-corrected chi connectivity index (χ2v) is 5.01. The SMILES string of the molecule is CCCC(C)(N)Cc1cc(C)ccc1C. The van der Waals surface area contributed by atoms with Crippen LogP contribution in [0.25, 0.3) is 0 Å². The van der Waals surface area contributed by atoms with E-state index in [0.29, 0.717) is 0 Å². The van der Waals surface area contributed by atoms with E-state index in [1.165, 1.54) is 16.7 Å². The molecule has 0 aliphatic rings. The molecule has 0 bridgehead atoms. The fourth-order valence-corrected chi connectivity index (χ4v) is 2.09. The second kappa shape index (κ2) is 4.80. The number of hydrogen-bond donors (Lipinski definition) is 1. The molecule has 2 N–H and O–H groups in total. The molecule has 0 fully saturated rings. The smallest absolute Gasteiger partial charge is 0.0166 e. The lowest BCUT2D eigenvalue weighted by Crippen LogP contribution is -2.38. The molecule has 1 atom stereocenters. The van der Waals surface area contributed by atoms with Crippen LogP contribution >= 0.6 is 0 Å².